The highest BCUT2D eigenvalue weighted by atomic mass is 14.9. The van der Waals surface area contributed by atoms with Crippen molar-refractivity contribution in [2.75, 3.05) is 16.4 Å². The molecule has 0 aromatic heterocycles. The number of anilines is 3. The van der Waals surface area contributed by atoms with Gasteiger partial charge in [-0.15, -0.1) is 0 Å². The fourth-order valence-corrected chi connectivity index (χ4v) is 1.85. The summed E-state index contributed by atoms with van der Waals surface area (Å²) in [5.41, 5.74) is 9.79. The molecule has 0 spiro atoms. The Morgan fingerprint density at radius 1 is 1.09 bits per heavy atom. The first-order valence-corrected chi connectivity index (χ1v) is 6.84. The van der Waals surface area contributed by atoms with Gasteiger partial charge in [0.2, 0.25) is 0 Å². The average Bonchev–Trinajstić information content (AvgIpc) is 2.51. The molecule has 0 atom stereocenters. The number of amidine groups is 1. The van der Waals surface area contributed by atoms with Gasteiger partial charge in [-0.05, 0) is 43.3 Å². The monoisotopic (exact) mass is 293 g/mol. The lowest BCUT2D eigenvalue weighted by Crippen LogP contribution is -2.08. The van der Waals surface area contributed by atoms with Crippen molar-refractivity contribution >= 4 is 29.1 Å². The van der Waals surface area contributed by atoms with Crippen LogP contribution >= 0.6 is 0 Å². The Morgan fingerprint density at radius 3 is 2.45 bits per heavy atom. The maximum atomic E-state index is 7.88. The number of hydrogen-bond donors (Lipinski definition) is 5. The lowest BCUT2D eigenvalue weighted by Gasteiger charge is -2.07. The summed E-state index contributed by atoms with van der Waals surface area (Å²) >= 11 is 0. The van der Waals surface area contributed by atoms with E-state index in [9.17, 15) is 0 Å². The molecule has 6 N–H and O–H groups in total. The van der Waals surface area contributed by atoms with Gasteiger partial charge in [0.15, 0.2) is 0 Å². The Labute approximate surface area is 129 Å². The lowest BCUT2D eigenvalue weighted by molar-refractivity contribution is 1.45. The highest BCUT2D eigenvalue weighted by Gasteiger charge is 1.99. The largest absolute Gasteiger partial charge is 0.398 e. The Hall–Kier alpha value is -3.08. The molecule has 0 amide bonds. The minimum atomic E-state index is 0.236. The molecule has 0 heterocycles. The van der Waals surface area contributed by atoms with Crippen molar-refractivity contribution in [3.8, 4) is 0 Å². The van der Waals surface area contributed by atoms with E-state index in [4.69, 9.17) is 16.6 Å². The van der Waals surface area contributed by atoms with Crippen LogP contribution in [-0.4, -0.2) is 12.1 Å². The van der Waals surface area contributed by atoms with E-state index in [0.717, 1.165) is 11.4 Å². The highest BCUT2D eigenvalue weighted by Crippen LogP contribution is 2.16. The first-order chi connectivity index (χ1) is 10.6. The van der Waals surface area contributed by atoms with Gasteiger partial charge in [-0.2, -0.15) is 0 Å². The third-order valence-electron chi connectivity index (χ3n) is 3.07. The standard InChI is InChI=1S/C17H19N5/c1-12-2-4-14(5-3-12)21-9-8-17(20)22-15-6-7-16(19)13(10-15)11-18/h2-11,18,21H,19H2,1H3,(H2,20,22)/b9-8-,18-11?. The minimum Gasteiger partial charge on any atom is -0.398 e. The Balaban J connectivity index is 1.93. The molecule has 2 aromatic carbocycles. The Morgan fingerprint density at radius 2 is 1.77 bits per heavy atom. The van der Waals surface area contributed by atoms with Crippen LogP contribution in [0.15, 0.2) is 54.7 Å². The van der Waals surface area contributed by atoms with Crippen LogP contribution in [0, 0.1) is 17.7 Å². The molecule has 0 aliphatic carbocycles. The topological polar surface area (TPSA) is 97.8 Å². The van der Waals surface area contributed by atoms with E-state index in [0.29, 0.717) is 11.3 Å². The van der Waals surface area contributed by atoms with Crippen LogP contribution in [0.5, 0.6) is 0 Å². The van der Waals surface area contributed by atoms with Crippen LogP contribution in [0.4, 0.5) is 17.1 Å². The lowest BCUT2D eigenvalue weighted by atomic mass is 10.1. The quantitative estimate of drug-likeness (QED) is 0.331. The van der Waals surface area contributed by atoms with Crippen LogP contribution in [0.3, 0.4) is 0 Å². The molecule has 22 heavy (non-hydrogen) atoms. The van der Waals surface area contributed by atoms with Crippen molar-refractivity contribution in [1.82, 2.24) is 0 Å². The average molecular weight is 293 g/mol. The Kier molecular flexibility index (Phi) is 4.93. The summed E-state index contributed by atoms with van der Waals surface area (Å²) in [7, 11) is 0. The first-order valence-electron chi connectivity index (χ1n) is 6.84. The number of benzene rings is 2. The fraction of sp³-hybridized carbons (Fsp3) is 0.0588. The zero-order valence-corrected chi connectivity index (χ0v) is 12.4. The summed E-state index contributed by atoms with van der Waals surface area (Å²) < 4.78 is 0. The van der Waals surface area contributed by atoms with Crippen LogP contribution < -0.4 is 16.4 Å². The summed E-state index contributed by atoms with van der Waals surface area (Å²) in [5, 5.41) is 21.2. The normalized spacial score (nSPS) is 10.4. The van der Waals surface area contributed by atoms with Crippen molar-refractivity contribution in [1.29, 1.82) is 10.8 Å². The van der Waals surface area contributed by atoms with E-state index >= 15 is 0 Å². The van der Waals surface area contributed by atoms with Gasteiger partial charge in [-0.3, -0.25) is 5.41 Å². The molecule has 112 valence electrons. The predicted octanol–water partition coefficient (Wildman–Crippen LogP) is 3.59. The van der Waals surface area contributed by atoms with E-state index in [1.807, 2.05) is 31.2 Å². The first kappa shape index (κ1) is 15.3. The van der Waals surface area contributed by atoms with Gasteiger partial charge in [-0.25, -0.2) is 0 Å². The van der Waals surface area contributed by atoms with Crippen molar-refractivity contribution in [2.45, 2.75) is 6.92 Å². The zero-order valence-electron chi connectivity index (χ0n) is 12.4. The molecule has 0 bridgehead atoms. The molecule has 5 heteroatoms. The van der Waals surface area contributed by atoms with Crippen LogP contribution in [-0.2, 0) is 0 Å². The van der Waals surface area contributed by atoms with Crippen LogP contribution in [0.25, 0.3) is 0 Å². The van der Waals surface area contributed by atoms with Gasteiger partial charge < -0.3 is 21.8 Å². The van der Waals surface area contributed by atoms with E-state index < -0.39 is 0 Å². The van der Waals surface area contributed by atoms with Crippen molar-refractivity contribution in [3.05, 3.63) is 65.9 Å². The SMILES string of the molecule is Cc1ccc(N/C=C\C(=N)Nc2ccc(N)c(C=N)c2)cc1. The maximum Gasteiger partial charge on any atom is 0.123 e. The zero-order chi connectivity index (χ0) is 15.9. The second-order valence-electron chi connectivity index (χ2n) is 4.87. The summed E-state index contributed by atoms with van der Waals surface area (Å²) in [6.45, 7) is 2.04. The third kappa shape index (κ3) is 4.21. The van der Waals surface area contributed by atoms with Crippen molar-refractivity contribution < 1.29 is 0 Å². The number of nitrogens with one attached hydrogen (secondary N) is 4. The second-order valence-corrected chi connectivity index (χ2v) is 4.87. The summed E-state index contributed by atoms with van der Waals surface area (Å²) in [4.78, 5) is 0. The van der Waals surface area contributed by atoms with Crippen LogP contribution in [0.2, 0.25) is 0 Å². The molecule has 0 saturated heterocycles. The molecule has 0 saturated carbocycles. The van der Waals surface area contributed by atoms with E-state index in [2.05, 4.69) is 10.6 Å². The number of rotatable bonds is 5. The van der Waals surface area contributed by atoms with E-state index in [1.54, 1.807) is 30.5 Å². The van der Waals surface area contributed by atoms with Gasteiger partial charge in [0.1, 0.15) is 5.84 Å². The molecule has 5 nitrogen and oxygen atoms in total. The molecule has 2 rings (SSSR count). The summed E-state index contributed by atoms with van der Waals surface area (Å²) in [6.07, 6.45) is 4.52. The fourth-order valence-electron chi connectivity index (χ4n) is 1.85. The maximum absolute atomic E-state index is 7.88. The minimum absolute atomic E-state index is 0.236. The predicted molar refractivity (Wildman–Crippen MR) is 94.0 cm³/mol. The van der Waals surface area contributed by atoms with Crippen LogP contribution in [0.1, 0.15) is 11.1 Å². The summed E-state index contributed by atoms with van der Waals surface area (Å²) in [6, 6.07) is 13.2. The molecular formula is C17H19N5. The molecule has 0 fully saturated rings. The number of aryl methyl sites for hydroxylation is 1. The van der Waals surface area contributed by atoms with Gasteiger partial charge >= 0.3 is 0 Å². The van der Waals surface area contributed by atoms with E-state index in [1.165, 1.54) is 11.8 Å². The van der Waals surface area contributed by atoms with Gasteiger partial charge in [0.05, 0.1) is 0 Å². The molecular weight excluding hydrogens is 274 g/mol. The molecule has 0 aliphatic heterocycles. The molecule has 0 aliphatic rings. The Bertz CT molecular complexity index is 701. The highest BCUT2D eigenvalue weighted by molar-refractivity contribution is 6.02. The van der Waals surface area contributed by atoms with E-state index in [-0.39, 0.29) is 5.84 Å². The van der Waals surface area contributed by atoms with Gasteiger partial charge in [0.25, 0.3) is 0 Å². The smallest absolute Gasteiger partial charge is 0.123 e. The second kappa shape index (κ2) is 7.08. The van der Waals surface area contributed by atoms with Gasteiger partial charge in [-0.1, -0.05) is 17.7 Å². The molecule has 0 unspecified atom stereocenters. The van der Waals surface area contributed by atoms with Gasteiger partial charge in [0, 0.05) is 35.0 Å². The number of hydrogen-bond acceptors (Lipinski definition) is 4. The summed E-state index contributed by atoms with van der Waals surface area (Å²) in [5.74, 6) is 0.236. The van der Waals surface area contributed by atoms with Crippen molar-refractivity contribution in [2.24, 2.45) is 0 Å². The number of nitrogen functional groups attached to an aromatic ring is 1. The molecule has 0 radical (unpaired) electrons. The van der Waals surface area contributed by atoms with Crippen molar-refractivity contribution in [3.63, 3.8) is 0 Å². The third-order valence-corrected chi connectivity index (χ3v) is 3.07. The molecule has 2 aromatic rings. The number of nitrogens with two attached hydrogens (primary N) is 1.